The Morgan fingerprint density at radius 3 is 2.57 bits per heavy atom. The molecular formula is C10H16N2O2. The van der Waals surface area contributed by atoms with Crippen molar-refractivity contribution in [3.8, 4) is 0 Å². The number of hydrogen-bond donors (Lipinski definition) is 1. The first-order valence-corrected chi connectivity index (χ1v) is 4.52. The molecule has 0 aliphatic rings. The van der Waals surface area contributed by atoms with E-state index in [0.717, 1.165) is 5.69 Å². The average molecular weight is 196 g/mol. The number of carbonyl (C=O) groups excluding carboxylic acids is 1. The van der Waals surface area contributed by atoms with Crippen molar-refractivity contribution < 1.29 is 9.53 Å². The lowest BCUT2D eigenvalue weighted by Crippen LogP contribution is -2.31. The topological polar surface area (TPSA) is 43.3 Å². The molecule has 0 aliphatic heterocycles. The van der Waals surface area contributed by atoms with Gasteiger partial charge in [-0.1, -0.05) is 0 Å². The lowest BCUT2D eigenvalue weighted by Gasteiger charge is -2.20. The van der Waals surface area contributed by atoms with Gasteiger partial charge in [-0.15, -0.1) is 0 Å². The van der Waals surface area contributed by atoms with E-state index in [1.165, 1.54) is 0 Å². The van der Waals surface area contributed by atoms with E-state index in [1.54, 1.807) is 10.9 Å². The Hall–Kier alpha value is -1.45. The van der Waals surface area contributed by atoms with E-state index in [9.17, 15) is 4.79 Å². The van der Waals surface area contributed by atoms with Crippen LogP contribution in [-0.4, -0.2) is 16.4 Å². The van der Waals surface area contributed by atoms with E-state index >= 15 is 0 Å². The molecule has 78 valence electrons. The van der Waals surface area contributed by atoms with Crippen molar-refractivity contribution in [1.29, 1.82) is 0 Å². The highest BCUT2D eigenvalue weighted by Crippen LogP contribution is 2.07. The van der Waals surface area contributed by atoms with Crippen LogP contribution in [0.15, 0.2) is 18.3 Å². The van der Waals surface area contributed by atoms with Gasteiger partial charge in [0.05, 0.1) is 0 Å². The SMILES string of the molecule is Cc1cccn1NC(=O)OC(C)(C)C. The zero-order valence-electron chi connectivity index (χ0n) is 9.00. The Morgan fingerprint density at radius 2 is 2.14 bits per heavy atom. The third-order valence-electron chi connectivity index (χ3n) is 1.56. The van der Waals surface area contributed by atoms with E-state index in [-0.39, 0.29) is 0 Å². The zero-order valence-corrected chi connectivity index (χ0v) is 9.00. The van der Waals surface area contributed by atoms with Crippen LogP contribution >= 0.6 is 0 Å². The van der Waals surface area contributed by atoms with Gasteiger partial charge in [0.1, 0.15) is 5.60 Å². The maximum Gasteiger partial charge on any atom is 0.426 e. The Labute approximate surface area is 83.8 Å². The summed E-state index contributed by atoms with van der Waals surface area (Å²) in [5.41, 5.74) is 3.09. The molecule has 0 spiro atoms. The molecule has 0 saturated carbocycles. The van der Waals surface area contributed by atoms with Gasteiger partial charge in [-0.25, -0.2) is 10.2 Å². The third kappa shape index (κ3) is 3.12. The van der Waals surface area contributed by atoms with Crippen LogP contribution < -0.4 is 5.43 Å². The number of amides is 1. The van der Waals surface area contributed by atoms with E-state index in [1.807, 2.05) is 39.8 Å². The Kier molecular flexibility index (Phi) is 2.84. The fraction of sp³-hybridized carbons (Fsp3) is 0.500. The van der Waals surface area contributed by atoms with Crippen molar-refractivity contribution in [3.63, 3.8) is 0 Å². The number of hydrogen-bond acceptors (Lipinski definition) is 2. The van der Waals surface area contributed by atoms with E-state index in [0.29, 0.717) is 0 Å². The summed E-state index contributed by atoms with van der Waals surface area (Å²) < 4.78 is 6.71. The standard InChI is InChI=1S/C10H16N2O2/c1-8-6-5-7-12(8)11-9(13)14-10(2,3)4/h5-7H,1-4H3,(H,11,13). The maximum absolute atomic E-state index is 11.3. The molecule has 1 amide bonds. The molecule has 0 aliphatic carbocycles. The average Bonchev–Trinajstić information content (AvgIpc) is 2.32. The monoisotopic (exact) mass is 196 g/mol. The van der Waals surface area contributed by atoms with Crippen LogP contribution in [0, 0.1) is 6.92 Å². The fourth-order valence-corrected chi connectivity index (χ4v) is 0.991. The molecule has 0 atom stereocenters. The van der Waals surface area contributed by atoms with Crippen molar-refractivity contribution in [2.45, 2.75) is 33.3 Å². The summed E-state index contributed by atoms with van der Waals surface area (Å²) in [5, 5.41) is 0. The van der Waals surface area contributed by atoms with Crippen molar-refractivity contribution in [3.05, 3.63) is 24.0 Å². The van der Waals surface area contributed by atoms with E-state index in [2.05, 4.69) is 5.43 Å². The number of nitrogens with one attached hydrogen (secondary N) is 1. The molecule has 1 aromatic heterocycles. The van der Waals surface area contributed by atoms with Gasteiger partial charge in [0, 0.05) is 11.9 Å². The normalized spacial score (nSPS) is 11.1. The summed E-state index contributed by atoms with van der Waals surface area (Å²) in [6, 6.07) is 3.75. The van der Waals surface area contributed by atoms with Crippen LogP contribution in [0.5, 0.6) is 0 Å². The van der Waals surface area contributed by atoms with Gasteiger partial charge in [0.15, 0.2) is 0 Å². The highest BCUT2D eigenvalue weighted by atomic mass is 16.6. The third-order valence-corrected chi connectivity index (χ3v) is 1.56. The molecule has 4 heteroatoms. The zero-order chi connectivity index (χ0) is 10.8. The molecule has 4 nitrogen and oxygen atoms in total. The molecule has 1 heterocycles. The minimum absolute atomic E-state index is 0.447. The summed E-state index contributed by atoms with van der Waals surface area (Å²) >= 11 is 0. The molecule has 0 aromatic carbocycles. The molecule has 14 heavy (non-hydrogen) atoms. The van der Waals surface area contributed by atoms with E-state index in [4.69, 9.17) is 4.74 Å². The van der Waals surface area contributed by atoms with Gasteiger partial charge in [-0.2, -0.15) is 0 Å². The molecule has 1 aromatic rings. The molecule has 0 fully saturated rings. The van der Waals surface area contributed by atoms with Crippen LogP contribution in [0.2, 0.25) is 0 Å². The van der Waals surface area contributed by atoms with Crippen LogP contribution in [-0.2, 0) is 4.74 Å². The molecule has 0 bridgehead atoms. The van der Waals surface area contributed by atoms with Gasteiger partial charge in [0.25, 0.3) is 0 Å². The van der Waals surface area contributed by atoms with Gasteiger partial charge in [-0.05, 0) is 39.8 Å². The van der Waals surface area contributed by atoms with Crippen molar-refractivity contribution in [1.82, 2.24) is 4.68 Å². The first kappa shape index (κ1) is 10.6. The summed E-state index contributed by atoms with van der Waals surface area (Å²) in [6.07, 6.45) is 1.32. The Bertz CT molecular complexity index is 323. The van der Waals surface area contributed by atoms with Gasteiger partial charge < -0.3 is 4.74 Å². The number of carbonyl (C=O) groups is 1. The van der Waals surface area contributed by atoms with Gasteiger partial charge in [0.2, 0.25) is 0 Å². The lowest BCUT2D eigenvalue weighted by molar-refractivity contribution is 0.0612. The van der Waals surface area contributed by atoms with Crippen LogP contribution in [0.4, 0.5) is 4.79 Å². The quantitative estimate of drug-likeness (QED) is 0.748. The molecule has 1 rings (SSSR count). The summed E-state index contributed by atoms with van der Waals surface area (Å²) in [4.78, 5) is 11.3. The minimum Gasteiger partial charge on any atom is -0.443 e. The second-order valence-electron chi connectivity index (χ2n) is 4.13. The molecule has 0 unspecified atom stereocenters. The summed E-state index contributed by atoms with van der Waals surface area (Å²) in [7, 11) is 0. The first-order chi connectivity index (χ1) is 6.38. The van der Waals surface area contributed by atoms with Crippen molar-refractivity contribution >= 4 is 6.09 Å². The fourth-order valence-electron chi connectivity index (χ4n) is 0.991. The number of ether oxygens (including phenoxy) is 1. The maximum atomic E-state index is 11.3. The largest absolute Gasteiger partial charge is 0.443 e. The molecule has 0 radical (unpaired) electrons. The molecule has 1 N–H and O–H groups in total. The second-order valence-corrected chi connectivity index (χ2v) is 4.13. The Morgan fingerprint density at radius 1 is 1.50 bits per heavy atom. The van der Waals surface area contributed by atoms with Gasteiger partial charge >= 0.3 is 6.09 Å². The van der Waals surface area contributed by atoms with Crippen molar-refractivity contribution in [2.24, 2.45) is 0 Å². The highest BCUT2D eigenvalue weighted by molar-refractivity contribution is 5.76. The van der Waals surface area contributed by atoms with Crippen molar-refractivity contribution in [2.75, 3.05) is 5.43 Å². The molecule has 0 saturated heterocycles. The lowest BCUT2D eigenvalue weighted by atomic mass is 10.2. The number of rotatable bonds is 1. The van der Waals surface area contributed by atoms with Crippen LogP contribution in [0.1, 0.15) is 26.5 Å². The summed E-state index contributed by atoms with van der Waals surface area (Å²) in [6.45, 7) is 7.39. The number of nitrogens with zero attached hydrogens (tertiary/aromatic N) is 1. The minimum atomic E-state index is -0.467. The highest BCUT2D eigenvalue weighted by Gasteiger charge is 2.16. The van der Waals surface area contributed by atoms with Crippen LogP contribution in [0.25, 0.3) is 0 Å². The number of aromatic nitrogens is 1. The smallest absolute Gasteiger partial charge is 0.426 e. The number of aryl methyl sites for hydroxylation is 1. The van der Waals surface area contributed by atoms with Gasteiger partial charge in [-0.3, -0.25) is 4.68 Å². The van der Waals surface area contributed by atoms with Crippen LogP contribution in [0.3, 0.4) is 0 Å². The van der Waals surface area contributed by atoms with E-state index < -0.39 is 11.7 Å². The molecular weight excluding hydrogens is 180 g/mol. The predicted octanol–water partition coefficient (Wildman–Crippen LogP) is 2.28. The summed E-state index contributed by atoms with van der Waals surface area (Å²) in [5.74, 6) is 0. The first-order valence-electron chi connectivity index (χ1n) is 4.52. The second kappa shape index (κ2) is 3.74. The Balaban J connectivity index is 2.54. The predicted molar refractivity (Wildman–Crippen MR) is 54.8 cm³/mol.